The Labute approximate surface area is 250 Å². The SMILES string of the molecule is O=C(O)CCC1CN(S(=O)(=O)c2cccc(C(F)(F)F)c2)c2cc(-c3cc(-c4c(Cl)cccc4C(F)(F)F)on3)ccc2O1. The average molecular weight is 661 g/mol. The number of halogens is 7. The summed E-state index contributed by atoms with van der Waals surface area (Å²) in [5, 5.41) is 12.7. The predicted molar refractivity (Wildman–Crippen MR) is 145 cm³/mol. The highest BCUT2D eigenvalue weighted by Gasteiger charge is 2.38. The molecule has 1 aliphatic heterocycles. The number of rotatable bonds is 7. The quantitative estimate of drug-likeness (QED) is 0.204. The molecule has 2 heterocycles. The number of aliphatic carboxylic acids is 1. The third-order valence-electron chi connectivity index (χ3n) is 6.69. The average Bonchev–Trinajstić information content (AvgIpc) is 3.44. The lowest BCUT2D eigenvalue weighted by Gasteiger charge is -2.35. The summed E-state index contributed by atoms with van der Waals surface area (Å²) in [7, 11) is -4.67. The number of carboxylic acids is 1. The molecule has 0 amide bonds. The van der Waals surface area contributed by atoms with Crippen molar-refractivity contribution in [3.05, 3.63) is 82.9 Å². The molecule has 0 saturated carbocycles. The van der Waals surface area contributed by atoms with Crippen molar-refractivity contribution >= 4 is 33.3 Å². The van der Waals surface area contributed by atoms with Crippen LogP contribution >= 0.6 is 11.6 Å². The molecule has 0 fully saturated rings. The smallest absolute Gasteiger partial charge is 0.417 e. The fourth-order valence-electron chi connectivity index (χ4n) is 4.63. The molecule has 3 aromatic carbocycles. The monoisotopic (exact) mass is 660 g/mol. The minimum absolute atomic E-state index is 0.0136. The van der Waals surface area contributed by atoms with Crippen molar-refractivity contribution in [2.24, 2.45) is 0 Å². The number of benzene rings is 3. The van der Waals surface area contributed by atoms with Gasteiger partial charge in [0.2, 0.25) is 0 Å². The van der Waals surface area contributed by atoms with E-state index in [4.69, 9.17) is 26.0 Å². The molecule has 0 aliphatic carbocycles. The van der Waals surface area contributed by atoms with Gasteiger partial charge in [0.1, 0.15) is 17.5 Å². The molecule has 232 valence electrons. The van der Waals surface area contributed by atoms with Crippen LogP contribution in [-0.2, 0) is 27.2 Å². The van der Waals surface area contributed by atoms with E-state index in [9.17, 15) is 39.6 Å². The molecule has 0 spiro atoms. The van der Waals surface area contributed by atoms with E-state index >= 15 is 0 Å². The van der Waals surface area contributed by atoms with Gasteiger partial charge in [-0.1, -0.05) is 28.9 Å². The van der Waals surface area contributed by atoms with Gasteiger partial charge in [0.25, 0.3) is 10.0 Å². The summed E-state index contributed by atoms with van der Waals surface area (Å²) < 4.78 is 120. The van der Waals surface area contributed by atoms with E-state index in [0.29, 0.717) is 12.1 Å². The van der Waals surface area contributed by atoms with Crippen LogP contribution in [0, 0.1) is 0 Å². The van der Waals surface area contributed by atoms with Crippen LogP contribution in [0.1, 0.15) is 24.0 Å². The van der Waals surface area contributed by atoms with Crippen LogP contribution in [0.2, 0.25) is 5.02 Å². The fourth-order valence-corrected chi connectivity index (χ4v) is 6.45. The Morgan fingerprint density at radius 1 is 1.00 bits per heavy atom. The summed E-state index contributed by atoms with van der Waals surface area (Å²) in [5.41, 5.74) is -2.70. The lowest BCUT2D eigenvalue weighted by atomic mass is 10.0. The maximum absolute atomic E-state index is 13.8. The second kappa shape index (κ2) is 11.4. The Morgan fingerprint density at radius 3 is 2.41 bits per heavy atom. The molecule has 0 radical (unpaired) electrons. The Bertz CT molecular complexity index is 1840. The number of ether oxygens (including phenoxy) is 1. The fraction of sp³-hybridized carbons (Fsp3) is 0.214. The highest BCUT2D eigenvalue weighted by molar-refractivity contribution is 7.92. The van der Waals surface area contributed by atoms with Gasteiger partial charge < -0.3 is 14.4 Å². The van der Waals surface area contributed by atoms with E-state index in [-0.39, 0.29) is 46.3 Å². The van der Waals surface area contributed by atoms with Gasteiger partial charge in [-0.25, -0.2) is 8.42 Å². The molecule has 16 heteroatoms. The zero-order valence-electron chi connectivity index (χ0n) is 22.0. The first-order valence-electron chi connectivity index (χ1n) is 12.6. The summed E-state index contributed by atoms with van der Waals surface area (Å²) in [6.07, 6.45) is -11.1. The van der Waals surface area contributed by atoms with Gasteiger partial charge >= 0.3 is 18.3 Å². The first kappa shape index (κ1) is 31.2. The molecule has 1 aromatic heterocycles. The Balaban J connectivity index is 1.58. The largest absolute Gasteiger partial charge is 0.486 e. The highest BCUT2D eigenvalue weighted by Crippen LogP contribution is 2.44. The summed E-state index contributed by atoms with van der Waals surface area (Å²) in [6.45, 7) is -0.444. The Kier molecular flexibility index (Phi) is 8.05. The van der Waals surface area contributed by atoms with E-state index in [0.717, 1.165) is 28.6 Å². The Morgan fingerprint density at radius 2 is 1.73 bits per heavy atom. The van der Waals surface area contributed by atoms with Crippen molar-refractivity contribution in [2.75, 3.05) is 10.8 Å². The number of sulfonamides is 1. The summed E-state index contributed by atoms with van der Waals surface area (Å²) in [6, 6.07) is 11.5. The van der Waals surface area contributed by atoms with Gasteiger partial charge in [-0.05, 0) is 55.0 Å². The summed E-state index contributed by atoms with van der Waals surface area (Å²) in [5.74, 6) is -1.52. The van der Waals surface area contributed by atoms with Gasteiger partial charge in [0, 0.05) is 18.1 Å². The maximum Gasteiger partial charge on any atom is 0.417 e. The van der Waals surface area contributed by atoms with Crippen LogP contribution in [0.15, 0.2) is 76.1 Å². The van der Waals surface area contributed by atoms with E-state index in [1.807, 2.05) is 0 Å². The van der Waals surface area contributed by atoms with Crippen LogP contribution < -0.4 is 9.04 Å². The predicted octanol–water partition coefficient (Wildman–Crippen LogP) is 7.52. The van der Waals surface area contributed by atoms with Gasteiger partial charge in [0.05, 0.1) is 38.8 Å². The van der Waals surface area contributed by atoms with Crippen molar-refractivity contribution < 1.29 is 53.9 Å². The third-order valence-corrected chi connectivity index (χ3v) is 8.78. The number of carboxylic acid groups (broad SMARTS) is 1. The number of carbonyl (C=O) groups is 1. The number of hydrogen-bond donors (Lipinski definition) is 1. The van der Waals surface area contributed by atoms with Crippen molar-refractivity contribution in [1.82, 2.24) is 5.16 Å². The zero-order chi connectivity index (χ0) is 32.0. The van der Waals surface area contributed by atoms with Crippen molar-refractivity contribution in [3.8, 4) is 28.3 Å². The number of nitrogens with zero attached hydrogens (tertiary/aromatic N) is 2. The molecule has 8 nitrogen and oxygen atoms in total. The standard InChI is InChI=1S/C28H19ClF6N2O6S/c29-20-6-2-5-19(28(33,34)35)26(20)24-13-21(36-43-24)15-7-9-23-22(11-15)37(14-17(42-23)8-10-25(38)39)44(40,41)18-4-1-3-16(12-18)27(30,31)32/h1-7,9,11-13,17H,8,10,14H2,(H,38,39). The maximum atomic E-state index is 13.8. The second-order valence-corrected chi connectivity index (χ2v) is 11.9. The number of alkyl halides is 6. The third kappa shape index (κ3) is 6.19. The summed E-state index contributed by atoms with van der Waals surface area (Å²) in [4.78, 5) is 10.5. The Hall–Kier alpha value is -4.24. The molecule has 1 N–H and O–H groups in total. The first-order valence-corrected chi connectivity index (χ1v) is 14.4. The minimum Gasteiger partial charge on any atom is -0.486 e. The molecule has 0 saturated heterocycles. The molecule has 1 atom stereocenters. The minimum atomic E-state index is -4.83. The molecule has 44 heavy (non-hydrogen) atoms. The lowest BCUT2D eigenvalue weighted by Crippen LogP contribution is -2.43. The van der Waals surface area contributed by atoms with Crippen molar-refractivity contribution in [2.45, 2.75) is 36.2 Å². The van der Waals surface area contributed by atoms with Crippen LogP contribution in [0.25, 0.3) is 22.6 Å². The van der Waals surface area contributed by atoms with E-state index < -0.39 is 62.6 Å². The number of hydrogen-bond acceptors (Lipinski definition) is 6. The topological polar surface area (TPSA) is 110 Å². The number of anilines is 1. The van der Waals surface area contributed by atoms with Crippen LogP contribution in [0.4, 0.5) is 32.0 Å². The number of aromatic nitrogens is 1. The molecule has 1 aliphatic rings. The van der Waals surface area contributed by atoms with Gasteiger partial charge in [-0.3, -0.25) is 9.10 Å². The van der Waals surface area contributed by atoms with E-state index in [2.05, 4.69) is 5.16 Å². The molecule has 4 aromatic rings. The molecule has 5 rings (SSSR count). The van der Waals surface area contributed by atoms with Gasteiger partial charge in [0.15, 0.2) is 5.76 Å². The van der Waals surface area contributed by atoms with Gasteiger partial charge in [-0.2, -0.15) is 26.3 Å². The molecule has 0 bridgehead atoms. The van der Waals surface area contributed by atoms with Crippen LogP contribution in [0.3, 0.4) is 0 Å². The van der Waals surface area contributed by atoms with Crippen LogP contribution in [0.5, 0.6) is 5.75 Å². The van der Waals surface area contributed by atoms with Crippen LogP contribution in [-0.4, -0.2) is 37.3 Å². The van der Waals surface area contributed by atoms with E-state index in [1.54, 1.807) is 0 Å². The van der Waals surface area contributed by atoms with Gasteiger partial charge in [-0.15, -0.1) is 0 Å². The normalized spacial score (nSPS) is 15.5. The van der Waals surface area contributed by atoms with Crippen molar-refractivity contribution in [3.63, 3.8) is 0 Å². The lowest BCUT2D eigenvalue weighted by molar-refractivity contribution is -0.138. The summed E-state index contributed by atoms with van der Waals surface area (Å²) >= 11 is 6.06. The highest BCUT2D eigenvalue weighted by atomic mass is 35.5. The number of fused-ring (bicyclic) bond motifs is 1. The molecular weight excluding hydrogens is 642 g/mol. The molecular formula is C28H19ClF6N2O6S. The van der Waals surface area contributed by atoms with Crippen molar-refractivity contribution in [1.29, 1.82) is 0 Å². The second-order valence-electron chi connectivity index (χ2n) is 9.65. The zero-order valence-corrected chi connectivity index (χ0v) is 23.6. The van der Waals surface area contributed by atoms with E-state index in [1.165, 1.54) is 30.3 Å². The molecule has 1 unspecified atom stereocenters. The first-order chi connectivity index (χ1) is 20.6.